The average molecular weight is 244 g/mol. The van der Waals surface area contributed by atoms with E-state index in [1.807, 2.05) is 6.92 Å². The lowest BCUT2D eigenvalue weighted by molar-refractivity contribution is 0.102. The largest absolute Gasteiger partial charge is 0.506 e. The number of hydrogen-bond donors (Lipinski definition) is 3. The topological polar surface area (TPSA) is 82.2 Å². The molecule has 1 aromatic heterocycles. The molecule has 2 aromatic rings. The zero-order valence-corrected chi connectivity index (χ0v) is 9.73. The minimum Gasteiger partial charge on any atom is -0.506 e. The molecule has 0 radical (unpaired) electrons. The molecule has 0 aliphatic carbocycles. The zero-order chi connectivity index (χ0) is 13.1. The third kappa shape index (κ3) is 2.40. The number of carbonyl (C=O) groups is 2. The van der Waals surface area contributed by atoms with Crippen LogP contribution in [0.5, 0.6) is 5.75 Å². The van der Waals surface area contributed by atoms with Gasteiger partial charge in [-0.1, -0.05) is 6.07 Å². The minimum absolute atomic E-state index is 0.00360. The van der Waals surface area contributed by atoms with Crippen LogP contribution < -0.4 is 5.32 Å². The summed E-state index contributed by atoms with van der Waals surface area (Å²) in [4.78, 5) is 25.0. The molecule has 0 saturated carbocycles. The second-order valence-electron chi connectivity index (χ2n) is 3.94. The number of nitrogens with one attached hydrogen (secondary N) is 2. The summed E-state index contributed by atoms with van der Waals surface area (Å²) in [5.74, 6) is -0.417. The summed E-state index contributed by atoms with van der Waals surface area (Å²) < 4.78 is 0. The molecule has 5 nitrogen and oxygen atoms in total. The van der Waals surface area contributed by atoms with E-state index in [4.69, 9.17) is 0 Å². The van der Waals surface area contributed by atoms with E-state index in [9.17, 15) is 14.7 Å². The molecule has 18 heavy (non-hydrogen) atoms. The van der Waals surface area contributed by atoms with Gasteiger partial charge in [0.2, 0.25) is 0 Å². The van der Waals surface area contributed by atoms with Crippen LogP contribution in [0.4, 0.5) is 5.69 Å². The Morgan fingerprint density at radius 1 is 1.39 bits per heavy atom. The Morgan fingerprint density at radius 3 is 2.83 bits per heavy atom. The molecule has 2 rings (SSSR count). The van der Waals surface area contributed by atoms with Gasteiger partial charge in [0.25, 0.3) is 5.91 Å². The first-order valence-electron chi connectivity index (χ1n) is 5.34. The number of rotatable bonds is 3. The van der Waals surface area contributed by atoms with Gasteiger partial charge in [-0.05, 0) is 30.7 Å². The van der Waals surface area contributed by atoms with E-state index < -0.39 is 5.91 Å². The van der Waals surface area contributed by atoms with E-state index in [0.29, 0.717) is 17.5 Å². The Labute approximate surface area is 103 Å². The quantitative estimate of drug-likeness (QED) is 0.571. The van der Waals surface area contributed by atoms with Gasteiger partial charge < -0.3 is 15.4 Å². The molecule has 92 valence electrons. The van der Waals surface area contributed by atoms with Gasteiger partial charge in [-0.2, -0.15) is 0 Å². The maximum absolute atomic E-state index is 11.8. The molecule has 1 aromatic carbocycles. The smallest absolute Gasteiger partial charge is 0.272 e. The normalized spacial score (nSPS) is 10.1. The van der Waals surface area contributed by atoms with Crippen LogP contribution in [0.25, 0.3) is 0 Å². The lowest BCUT2D eigenvalue weighted by Gasteiger charge is -2.07. The summed E-state index contributed by atoms with van der Waals surface area (Å²) in [5, 5.41) is 12.2. The first kappa shape index (κ1) is 11.9. The highest BCUT2D eigenvalue weighted by atomic mass is 16.3. The standard InChI is InChI=1S/C13H12N2O3/c1-8-2-3-12(17)10(4-8)15-13(18)11-5-9(7-16)6-14-11/h2-7,14,17H,1H3,(H,15,18). The predicted octanol–water partition coefficient (Wildman–Crippen LogP) is 2.09. The van der Waals surface area contributed by atoms with Crippen molar-refractivity contribution in [1.29, 1.82) is 0 Å². The molecule has 0 unspecified atom stereocenters. The molecular formula is C13H12N2O3. The van der Waals surface area contributed by atoms with Crippen molar-refractivity contribution in [1.82, 2.24) is 4.98 Å². The van der Waals surface area contributed by atoms with Crippen molar-refractivity contribution in [3.05, 3.63) is 47.3 Å². The second-order valence-corrected chi connectivity index (χ2v) is 3.94. The lowest BCUT2D eigenvalue weighted by Crippen LogP contribution is -2.12. The van der Waals surface area contributed by atoms with Crippen molar-refractivity contribution in [2.75, 3.05) is 5.32 Å². The Morgan fingerprint density at radius 2 is 2.17 bits per heavy atom. The van der Waals surface area contributed by atoms with Crippen molar-refractivity contribution in [2.45, 2.75) is 6.92 Å². The molecular weight excluding hydrogens is 232 g/mol. The summed E-state index contributed by atoms with van der Waals surface area (Å²) in [6, 6.07) is 6.35. The summed E-state index contributed by atoms with van der Waals surface area (Å²) in [6.07, 6.45) is 2.09. The highest BCUT2D eigenvalue weighted by Gasteiger charge is 2.11. The van der Waals surface area contributed by atoms with Crippen molar-refractivity contribution in [3.8, 4) is 5.75 Å². The van der Waals surface area contributed by atoms with E-state index in [2.05, 4.69) is 10.3 Å². The van der Waals surface area contributed by atoms with E-state index in [1.54, 1.807) is 12.1 Å². The molecule has 1 heterocycles. The van der Waals surface area contributed by atoms with Crippen molar-refractivity contribution in [3.63, 3.8) is 0 Å². The van der Waals surface area contributed by atoms with Crippen molar-refractivity contribution < 1.29 is 14.7 Å². The lowest BCUT2D eigenvalue weighted by atomic mass is 10.2. The van der Waals surface area contributed by atoms with Crippen LogP contribution in [0.2, 0.25) is 0 Å². The van der Waals surface area contributed by atoms with Gasteiger partial charge in [0, 0.05) is 11.8 Å². The number of hydrogen-bond acceptors (Lipinski definition) is 3. The molecule has 0 saturated heterocycles. The van der Waals surface area contributed by atoms with E-state index in [-0.39, 0.29) is 11.4 Å². The first-order chi connectivity index (χ1) is 8.60. The van der Waals surface area contributed by atoms with Crippen LogP contribution in [0, 0.1) is 6.92 Å². The number of aromatic amines is 1. The van der Waals surface area contributed by atoms with Crippen LogP contribution in [0.3, 0.4) is 0 Å². The second kappa shape index (κ2) is 4.75. The number of aromatic hydroxyl groups is 1. The fraction of sp³-hybridized carbons (Fsp3) is 0.0769. The average Bonchev–Trinajstić information content (AvgIpc) is 2.82. The zero-order valence-electron chi connectivity index (χ0n) is 9.73. The Kier molecular flexibility index (Phi) is 3.14. The number of aldehydes is 1. The molecule has 0 spiro atoms. The molecule has 5 heteroatoms. The van der Waals surface area contributed by atoms with Gasteiger partial charge in [-0.15, -0.1) is 0 Å². The minimum atomic E-state index is -0.413. The van der Waals surface area contributed by atoms with Crippen molar-refractivity contribution in [2.24, 2.45) is 0 Å². The summed E-state index contributed by atoms with van der Waals surface area (Å²) >= 11 is 0. The van der Waals surface area contributed by atoms with Crippen LogP contribution in [-0.4, -0.2) is 22.3 Å². The molecule has 0 atom stereocenters. The number of phenols is 1. The molecule has 0 aliphatic heterocycles. The summed E-state index contributed by atoms with van der Waals surface area (Å²) in [5.41, 5.74) is 1.91. The number of aryl methyl sites for hydroxylation is 1. The van der Waals surface area contributed by atoms with Crippen LogP contribution in [0.15, 0.2) is 30.5 Å². The van der Waals surface area contributed by atoms with Crippen LogP contribution in [-0.2, 0) is 0 Å². The Balaban J connectivity index is 2.20. The van der Waals surface area contributed by atoms with Gasteiger partial charge in [0.15, 0.2) is 6.29 Å². The number of carbonyl (C=O) groups excluding carboxylic acids is 2. The number of phenolic OH excluding ortho intramolecular Hbond substituents is 1. The predicted molar refractivity (Wildman–Crippen MR) is 67.0 cm³/mol. The number of amides is 1. The van der Waals surface area contributed by atoms with Gasteiger partial charge >= 0.3 is 0 Å². The Hall–Kier alpha value is -2.56. The third-order valence-corrected chi connectivity index (χ3v) is 2.49. The van der Waals surface area contributed by atoms with Gasteiger partial charge in [0.05, 0.1) is 5.69 Å². The van der Waals surface area contributed by atoms with Crippen LogP contribution in [0.1, 0.15) is 26.4 Å². The number of benzene rings is 1. The fourth-order valence-corrected chi connectivity index (χ4v) is 1.55. The molecule has 0 fully saturated rings. The maximum Gasteiger partial charge on any atom is 0.272 e. The third-order valence-electron chi connectivity index (χ3n) is 2.49. The van der Waals surface area contributed by atoms with E-state index in [1.165, 1.54) is 18.3 Å². The number of H-pyrrole nitrogens is 1. The SMILES string of the molecule is Cc1ccc(O)c(NC(=O)c2cc(C=O)c[nH]2)c1. The van der Waals surface area contributed by atoms with Gasteiger partial charge in [0.1, 0.15) is 11.4 Å². The Bertz CT molecular complexity index is 602. The van der Waals surface area contributed by atoms with E-state index in [0.717, 1.165) is 5.56 Å². The highest BCUT2D eigenvalue weighted by molar-refractivity contribution is 6.04. The molecule has 0 bridgehead atoms. The fourth-order valence-electron chi connectivity index (χ4n) is 1.55. The first-order valence-corrected chi connectivity index (χ1v) is 5.34. The molecule has 0 aliphatic rings. The van der Waals surface area contributed by atoms with Gasteiger partial charge in [-0.3, -0.25) is 9.59 Å². The number of aromatic nitrogens is 1. The van der Waals surface area contributed by atoms with E-state index >= 15 is 0 Å². The maximum atomic E-state index is 11.8. The van der Waals surface area contributed by atoms with Crippen LogP contribution >= 0.6 is 0 Å². The van der Waals surface area contributed by atoms with Gasteiger partial charge in [-0.25, -0.2) is 0 Å². The highest BCUT2D eigenvalue weighted by Crippen LogP contribution is 2.24. The number of anilines is 1. The van der Waals surface area contributed by atoms with Crippen molar-refractivity contribution >= 4 is 17.9 Å². The monoisotopic (exact) mass is 244 g/mol. The molecule has 1 amide bonds. The summed E-state index contributed by atoms with van der Waals surface area (Å²) in [7, 11) is 0. The summed E-state index contributed by atoms with van der Waals surface area (Å²) in [6.45, 7) is 1.86. The molecule has 3 N–H and O–H groups in total.